The van der Waals surface area contributed by atoms with Gasteiger partial charge in [-0.3, -0.25) is 9.69 Å². The number of carbonyl (C=O) groups excluding carboxylic acids is 1. The number of thioether (sulfide) groups is 1. The Morgan fingerprint density at radius 1 is 0.968 bits per heavy atom. The van der Waals surface area contributed by atoms with Gasteiger partial charge < -0.3 is 5.11 Å². The highest BCUT2D eigenvalue weighted by Gasteiger charge is 2.34. The highest BCUT2D eigenvalue weighted by atomic mass is 32.2. The molecule has 7 heteroatoms. The van der Waals surface area contributed by atoms with E-state index < -0.39 is 0 Å². The molecule has 0 spiro atoms. The molecule has 0 aromatic heterocycles. The largest absolute Gasteiger partial charge is 0.508 e. The molecule has 5 nitrogen and oxygen atoms in total. The molecule has 0 saturated carbocycles. The molecule has 31 heavy (non-hydrogen) atoms. The van der Waals surface area contributed by atoms with Crippen LogP contribution in [0, 0.1) is 13.8 Å². The van der Waals surface area contributed by atoms with Gasteiger partial charge in [-0.05, 0) is 73.0 Å². The van der Waals surface area contributed by atoms with E-state index in [1.165, 1.54) is 11.8 Å². The summed E-state index contributed by atoms with van der Waals surface area (Å²) in [6, 6.07) is 20.0. The van der Waals surface area contributed by atoms with E-state index in [-0.39, 0.29) is 11.7 Å². The van der Waals surface area contributed by atoms with Crippen LogP contribution in [0.15, 0.2) is 81.9 Å². The number of thiocarbonyl (C=S) groups is 1. The van der Waals surface area contributed by atoms with Gasteiger partial charge in [-0.25, -0.2) is 0 Å². The fraction of sp³-hybridized carbons (Fsp3) is 0.0833. The summed E-state index contributed by atoms with van der Waals surface area (Å²) in [5.41, 5.74) is 5.00. The zero-order valence-electron chi connectivity index (χ0n) is 16.9. The number of hydrogen-bond acceptors (Lipinski definition) is 6. The van der Waals surface area contributed by atoms with Crippen LogP contribution < -0.4 is 4.90 Å². The Labute approximate surface area is 190 Å². The van der Waals surface area contributed by atoms with Crippen molar-refractivity contribution < 1.29 is 9.90 Å². The summed E-state index contributed by atoms with van der Waals surface area (Å²) in [7, 11) is 0. The molecule has 154 valence electrons. The van der Waals surface area contributed by atoms with Gasteiger partial charge in [0.15, 0.2) is 4.32 Å². The highest BCUT2D eigenvalue weighted by Crippen LogP contribution is 2.38. The van der Waals surface area contributed by atoms with Gasteiger partial charge in [0, 0.05) is 0 Å². The molecule has 4 rings (SSSR count). The number of aryl methyl sites for hydroxylation is 2. The van der Waals surface area contributed by atoms with Gasteiger partial charge >= 0.3 is 0 Å². The number of amides is 1. The van der Waals surface area contributed by atoms with Gasteiger partial charge in [-0.15, -0.1) is 0 Å². The van der Waals surface area contributed by atoms with Crippen LogP contribution in [-0.2, 0) is 4.79 Å². The first-order chi connectivity index (χ1) is 14.9. The molecule has 1 aliphatic rings. The van der Waals surface area contributed by atoms with E-state index >= 15 is 0 Å². The standard InChI is InChI=1S/C24H19N3O2S2/c1-15-5-3-4-6-20(15)26-25-18-9-12-21(16(2)13-18)27-23(29)22(31-24(27)30)14-17-7-10-19(28)11-8-17/h3-14,28H,1-2H3/b22-14-,26-25?. The van der Waals surface area contributed by atoms with Crippen LogP contribution >= 0.6 is 24.0 Å². The molecule has 1 amide bonds. The van der Waals surface area contributed by atoms with Crippen molar-refractivity contribution in [3.05, 3.63) is 88.3 Å². The molecular weight excluding hydrogens is 426 g/mol. The minimum Gasteiger partial charge on any atom is -0.508 e. The summed E-state index contributed by atoms with van der Waals surface area (Å²) in [6.45, 7) is 3.91. The van der Waals surface area contributed by atoms with Gasteiger partial charge in [-0.1, -0.05) is 54.3 Å². The average molecular weight is 446 g/mol. The monoisotopic (exact) mass is 445 g/mol. The number of rotatable bonds is 4. The molecule has 1 aliphatic heterocycles. The lowest BCUT2D eigenvalue weighted by Crippen LogP contribution is -2.28. The number of benzene rings is 3. The van der Waals surface area contributed by atoms with Gasteiger partial charge in [-0.2, -0.15) is 10.2 Å². The second kappa shape index (κ2) is 8.83. The maximum atomic E-state index is 13.0. The number of azo groups is 1. The maximum absolute atomic E-state index is 13.0. The lowest BCUT2D eigenvalue weighted by molar-refractivity contribution is -0.113. The van der Waals surface area contributed by atoms with E-state index in [0.717, 1.165) is 28.1 Å². The van der Waals surface area contributed by atoms with Crippen LogP contribution in [0.2, 0.25) is 0 Å². The number of nitrogens with zero attached hydrogens (tertiary/aromatic N) is 3. The third-order valence-electron chi connectivity index (χ3n) is 4.79. The van der Waals surface area contributed by atoms with Crippen LogP contribution in [0.5, 0.6) is 5.75 Å². The quantitative estimate of drug-likeness (QED) is 0.271. The molecular formula is C24H19N3O2S2. The van der Waals surface area contributed by atoms with Crippen molar-refractivity contribution in [2.24, 2.45) is 10.2 Å². The Hall–Kier alpha value is -3.29. The Bertz CT molecular complexity index is 1230. The zero-order chi connectivity index (χ0) is 22.0. The first kappa shape index (κ1) is 21.0. The molecule has 0 aliphatic carbocycles. The van der Waals surface area contributed by atoms with Crippen molar-refractivity contribution in [2.45, 2.75) is 13.8 Å². The molecule has 0 bridgehead atoms. The van der Waals surface area contributed by atoms with E-state index in [1.807, 2.05) is 56.3 Å². The Morgan fingerprint density at radius 2 is 1.71 bits per heavy atom. The van der Waals surface area contributed by atoms with Gasteiger partial charge in [0.05, 0.1) is 22.0 Å². The topological polar surface area (TPSA) is 65.3 Å². The normalized spacial score (nSPS) is 15.4. The predicted octanol–water partition coefficient (Wildman–Crippen LogP) is 6.83. The summed E-state index contributed by atoms with van der Waals surface area (Å²) in [5, 5.41) is 18.1. The summed E-state index contributed by atoms with van der Waals surface area (Å²) in [4.78, 5) is 15.1. The average Bonchev–Trinajstić information content (AvgIpc) is 3.02. The Morgan fingerprint density at radius 3 is 2.42 bits per heavy atom. The molecule has 0 unspecified atom stereocenters. The SMILES string of the molecule is Cc1ccccc1N=Nc1ccc(N2C(=O)/C(=C/c3ccc(O)cc3)SC2=S)c(C)c1. The molecule has 1 heterocycles. The fourth-order valence-corrected chi connectivity index (χ4v) is 4.42. The van der Waals surface area contributed by atoms with Crippen LogP contribution in [0.1, 0.15) is 16.7 Å². The van der Waals surface area contributed by atoms with Crippen LogP contribution in [0.3, 0.4) is 0 Å². The van der Waals surface area contributed by atoms with Gasteiger partial charge in [0.1, 0.15) is 5.75 Å². The number of hydrogen-bond donors (Lipinski definition) is 1. The van der Waals surface area contributed by atoms with Crippen molar-refractivity contribution >= 4 is 57.3 Å². The minimum atomic E-state index is -0.166. The summed E-state index contributed by atoms with van der Waals surface area (Å²) in [6.07, 6.45) is 1.78. The maximum Gasteiger partial charge on any atom is 0.270 e. The lowest BCUT2D eigenvalue weighted by atomic mass is 10.1. The first-order valence-corrected chi connectivity index (χ1v) is 10.8. The predicted molar refractivity (Wildman–Crippen MR) is 130 cm³/mol. The number of phenolic OH excluding ortho intramolecular Hbond substituents is 1. The molecule has 0 atom stereocenters. The summed E-state index contributed by atoms with van der Waals surface area (Å²) < 4.78 is 0.479. The molecule has 0 radical (unpaired) electrons. The minimum absolute atomic E-state index is 0.166. The molecule has 1 fully saturated rings. The third kappa shape index (κ3) is 4.57. The van der Waals surface area contributed by atoms with E-state index in [4.69, 9.17) is 12.2 Å². The third-order valence-corrected chi connectivity index (χ3v) is 6.10. The fourth-order valence-electron chi connectivity index (χ4n) is 3.14. The zero-order valence-corrected chi connectivity index (χ0v) is 18.6. The van der Waals surface area contributed by atoms with Crippen molar-refractivity contribution in [2.75, 3.05) is 4.90 Å². The van der Waals surface area contributed by atoms with Gasteiger partial charge in [0.2, 0.25) is 0 Å². The van der Waals surface area contributed by atoms with Crippen molar-refractivity contribution in [3.8, 4) is 5.75 Å². The van der Waals surface area contributed by atoms with Crippen LogP contribution in [-0.4, -0.2) is 15.3 Å². The molecule has 1 N–H and O–H groups in total. The van der Waals surface area contributed by atoms with E-state index in [2.05, 4.69) is 10.2 Å². The number of carbonyl (C=O) groups is 1. The molecule has 3 aromatic carbocycles. The van der Waals surface area contributed by atoms with Crippen LogP contribution in [0.4, 0.5) is 17.1 Å². The Kier molecular flexibility index (Phi) is 5.97. The first-order valence-electron chi connectivity index (χ1n) is 9.57. The number of anilines is 1. The smallest absolute Gasteiger partial charge is 0.270 e. The van der Waals surface area contributed by atoms with E-state index in [9.17, 15) is 9.90 Å². The van der Waals surface area contributed by atoms with Gasteiger partial charge in [0.25, 0.3) is 5.91 Å². The van der Waals surface area contributed by atoms with E-state index in [1.54, 1.807) is 35.2 Å². The lowest BCUT2D eigenvalue weighted by Gasteiger charge is -2.17. The summed E-state index contributed by atoms with van der Waals surface area (Å²) in [5.74, 6) is 0.0143. The van der Waals surface area contributed by atoms with Crippen molar-refractivity contribution in [3.63, 3.8) is 0 Å². The second-order valence-corrected chi connectivity index (χ2v) is 8.74. The summed E-state index contributed by atoms with van der Waals surface area (Å²) >= 11 is 6.74. The highest BCUT2D eigenvalue weighted by molar-refractivity contribution is 8.27. The number of phenols is 1. The molecule has 3 aromatic rings. The second-order valence-electron chi connectivity index (χ2n) is 7.07. The van der Waals surface area contributed by atoms with Crippen molar-refractivity contribution in [1.29, 1.82) is 0 Å². The van der Waals surface area contributed by atoms with Crippen LogP contribution in [0.25, 0.3) is 6.08 Å². The number of aromatic hydroxyl groups is 1. The van der Waals surface area contributed by atoms with E-state index in [0.29, 0.717) is 14.9 Å². The molecule has 1 saturated heterocycles. The Balaban J connectivity index is 1.58. The van der Waals surface area contributed by atoms with Crippen molar-refractivity contribution in [1.82, 2.24) is 0 Å².